The van der Waals surface area contributed by atoms with Crippen LogP contribution in [0, 0.1) is 0 Å². The zero-order valence-corrected chi connectivity index (χ0v) is 12.3. The fourth-order valence-corrected chi connectivity index (χ4v) is 2.30. The van der Waals surface area contributed by atoms with Crippen molar-refractivity contribution in [2.45, 2.75) is 32.2 Å². The van der Waals surface area contributed by atoms with Gasteiger partial charge in [-0.05, 0) is 35.6 Å². The highest BCUT2D eigenvalue weighted by molar-refractivity contribution is 5.47. The molecule has 0 fully saturated rings. The molecular formula is C19H23N. The van der Waals surface area contributed by atoms with Crippen molar-refractivity contribution in [1.82, 2.24) is 0 Å². The zero-order chi connectivity index (χ0) is 14.4. The second-order valence-electron chi connectivity index (χ2n) is 5.41. The Morgan fingerprint density at radius 1 is 0.950 bits per heavy atom. The molecular weight excluding hydrogens is 242 g/mol. The van der Waals surface area contributed by atoms with Crippen molar-refractivity contribution in [3.05, 3.63) is 78.4 Å². The minimum Gasteiger partial charge on any atom is -0.378 e. The van der Waals surface area contributed by atoms with E-state index in [-0.39, 0.29) is 6.04 Å². The molecule has 1 nitrogen and oxygen atoms in total. The Bertz CT molecular complexity index is 525. The van der Waals surface area contributed by atoms with Crippen LogP contribution < -0.4 is 5.32 Å². The first-order valence-corrected chi connectivity index (χ1v) is 7.23. The van der Waals surface area contributed by atoms with Gasteiger partial charge in [-0.15, -0.1) is 6.58 Å². The Labute approximate surface area is 122 Å². The third kappa shape index (κ3) is 3.74. The van der Waals surface area contributed by atoms with Crippen LogP contribution in [0.2, 0.25) is 0 Å². The number of nitrogens with one attached hydrogen (secondary N) is 1. The number of anilines is 1. The molecule has 1 N–H and O–H groups in total. The molecule has 2 aromatic rings. The molecule has 20 heavy (non-hydrogen) atoms. The lowest BCUT2D eigenvalue weighted by molar-refractivity contribution is 0.798. The van der Waals surface area contributed by atoms with E-state index in [2.05, 4.69) is 74.3 Å². The van der Waals surface area contributed by atoms with Crippen molar-refractivity contribution in [2.24, 2.45) is 0 Å². The summed E-state index contributed by atoms with van der Waals surface area (Å²) in [6.07, 6.45) is 2.88. The van der Waals surface area contributed by atoms with Crippen molar-refractivity contribution in [1.29, 1.82) is 0 Å². The minimum absolute atomic E-state index is 0.276. The maximum absolute atomic E-state index is 3.86. The summed E-state index contributed by atoms with van der Waals surface area (Å²) in [5.74, 6) is 0.571. The molecule has 1 heteroatoms. The molecule has 0 aliphatic heterocycles. The number of rotatable bonds is 6. The van der Waals surface area contributed by atoms with E-state index < -0.39 is 0 Å². The predicted octanol–water partition coefficient (Wildman–Crippen LogP) is 5.54. The van der Waals surface area contributed by atoms with Gasteiger partial charge in [0.05, 0.1) is 6.04 Å². The van der Waals surface area contributed by atoms with Crippen molar-refractivity contribution in [3.8, 4) is 0 Å². The molecule has 0 saturated carbocycles. The summed E-state index contributed by atoms with van der Waals surface area (Å²) in [6, 6.07) is 19.5. The molecule has 0 saturated heterocycles. The SMILES string of the molecule is C=CCC(Nc1ccc(C(C)C)cc1)c1ccccc1. The molecule has 1 atom stereocenters. The standard InChI is InChI=1S/C19H23N/c1-4-8-19(17-9-6-5-7-10-17)20-18-13-11-16(12-14-18)15(2)3/h4-7,9-15,19-20H,1,8H2,2-3H3. The highest BCUT2D eigenvalue weighted by atomic mass is 14.9. The summed E-state index contributed by atoms with van der Waals surface area (Å²) in [5.41, 5.74) is 3.82. The number of hydrogen-bond donors (Lipinski definition) is 1. The third-order valence-electron chi connectivity index (χ3n) is 3.52. The van der Waals surface area contributed by atoms with Crippen molar-refractivity contribution >= 4 is 5.69 Å². The molecule has 0 aliphatic carbocycles. The molecule has 0 heterocycles. The Morgan fingerprint density at radius 2 is 1.60 bits per heavy atom. The van der Waals surface area contributed by atoms with E-state index in [1.54, 1.807) is 0 Å². The van der Waals surface area contributed by atoms with Crippen LogP contribution in [0.15, 0.2) is 67.3 Å². The van der Waals surface area contributed by atoms with Crippen LogP contribution in [0.1, 0.15) is 43.4 Å². The van der Waals surface area contributed by atoms with E-state index >= 15 is 0 Å². The van der Waals surface area contributed by atoms with Crippen LogP contribution in [0.5, 0.6) is 0 Å². The molecule has 0 aromatic heterocycles. The van der Waals surface area contributed by atoms with E-state index in [4.69, 9.17) is 0 Å². The Morgan fingerprint density at radius 3 is 2.15 bits per heavy atom. The van der Waals surface area contributed by atoms with Crippen LogP contribution in [0.4, 0.5) is 5.69 Å². The van der Waals surface area contributed by atoms with E-state index in [1.807, 2.05) is 12.1 Å². The van der Waals surface area contributed by atoms with Gasteiger partial charge in [0.15, 0.2) is 0 Å². The van der Waals surface area contributed by atoms with E-state index in [1.165, 1.54) is 11.1 Å². The Balaban J connectivity index is 2.14. The predicted molar refractivity (Wildman–Crippen MR) is 88.2 cm³/mol. The van der Waals surface area contributed by atoms with Gasteiger partial charge in [-0.3, -0.25) is 0 Å². The average Bonchev–Trinajstić information content (AvgIpc) is 2.48. The zero-order valence-electron chi connectivity index (χ0n) is 12.3. The fraction of sp³-hybridized carbons (Fsp3) is 0.263. The molecule has 0 aliphatic rings. The minimum atomic E-state index is 0.276. The molecule has 104 valence electrons. The van der Waals surface area contributed by atoms with Gasteiger partial charge in [0.2, 0.25) is 0 Å². The fourth-order valence-electron chi connectivity index (χ4n) is 2.30. The summed E-state index contributed by atoms with van der Waals surface area (Å²) in [6.45, 7) is 8.30. The maximum Gasteiger partial charge on any atom is 0.0548 e. The van der Waals surface area contributed by atoms with E-state index in [0.717, 1.165) is 12.1 Å². The van der Waals surface area contributed by atoms with Gasteiger partial charge in [0.1, 0.15) is 0 Å². The first kappa shape index (κ1) is 14.4. The van der Waals surface area contributed by atoms with Gasteiger partial charge in [0, 0.05) is 5.69 Å². The molecule has 2 rings (SSSR count). The largest absolute Gasteiger partial charge is 0.378 e. The molecule has 2 aromatic carbocycles. The lowest BCUT2D eigenvalue weighted by Crippen LogP contribution is -2.09. The van der Waals surface area contributed by atoms with Crippen molar-refractivity contribution < 1.29 is 0 Å². The summed E-state index contributed by atoms with van der Waals surface area (Å²) in [4.78, 5) is 0. The van der Waals surface area contributed by atoms with Gasteiger partial charge in [-0.25, -0.2) is 0 Å². The van der Waals surface area contributed by atoms with Crippen LogP contribution >= 0.6 is 0 Å². The van der Waals surface area contributed by atoms with Crippen molar-refractivity contribution in [2.75, 3.05) is 5.32 Å². The van der Waals surface area contributed by atoms with Crippen LogP contribution in [0.3, 0.4) is 0 Å². The van der Waals surface area contributed by atoms with Gasteiger partial charge < -0.3 is 5.32 Å². The Kier molecular flexibility index (Phi) is 5.00. The lowest BCUT2D eigenvalue weighted by Gasteiger charge is -2.19. The lowest BCUT2D eigenvalue weighted by atomic mass is 10.0. The second kappa shape index (κ2) is 6.95. The monoisotopic (exact) mass is 265 g/mol. The first-order valence-electron chi connectivity index (χ1n) is 7.23. The molecule has 0 radical (unpaired) electrons. The van der Waals surface area contributed by atoms with Crippen LogP contribution in [-0.4, -0.2) is 0 Å². The van der Waals surface area contributed by atoms with Gasteiger partial charge >= 0.3 is 0 Å². The molecule has 0 bridgehead atoms. The smallest absolute Gasteiger partial charge is 0.0548 e. The second-order valence-corrected chi connectivity index (χ2v) is 5.41. The molecule has 1 unspecified atom stereocenters. The summed E-state index contributed by atoms with van der Waals surface area (Å²) in [5, 5.41) is 3.59. The normalized spacial score (nSPS) is 12.2. The summed E-state index contributed by atoms with van der Waals surface area (Å²) in [7, 11) is 0. The highest BCUT2D eigenvalue weighted by Gasteiger charge is 2.09. The summed E-state index contributed by atoms with van der Waals surface area (Å²) < 4.78 is 0. The molecule has 0 spiro atoms. The van der Waals surface area contributed by atoms with E-state index in [9.17, 15) is 0 Å². The quantitative estimate of drug-likeness (QED) is 0.676. The van der Waals surface area contributed by atoms with Crippen molar-refractivity contribution in [3.63, 3.8) is 0 Å². The third-order valence-corrected chi connectivity index (χ3v) is 3.52. The average molecular weight is 265 g/mol. The first-order chi connectivity index (χ1) is 9.70. The number of benzene rings is 2. The summed E-state index contributed by atoms with van der Waals surface area (Å²) >= 11 is 0. The highest BCUT2D eigenvalue weighted by Crippen LogP contribution is 2.24. The Hall–Kier alpha value is -2.02. The molecule has 0 amide bonds. The number of hydrogen-bond acceptors (Lipinski definition) is 1. The van der Waals surface area contributed by atoms with Gasteiger partial charge in [0.25, 0.3) is 0 Å². The topological polar surface area (TPSA) is 12.0 Å². The van der Waals surface area contributed by atoms with Gasteiger partial charge in [-0.2, -0.15) is 0 Å². The van der Waals surface area contributed by atoms with Crippen LogP contribution in [-0.2, 0) is 0 Å². The van der Waals surface area contributed by atoms with Gasteiger partial charge in [-0.1, -0.05) is 62.4 Å². The van der Waals surface area contributed by atoms with Crippen LogP contribution in [0.25, 0.3) is 0 Å². The van der Waals surface area contributed by atoms with E-state index in [0.29, 0.717) is 5.92 Å². The maximum atomic E-state index is 3.86.